The molecule has 2 aliphatic carbocycles. The molecule has 1 heterocycles. The van der Waals surface area contributed by atoms with E-state index in [1.807, 2.05) is 6.07 Å². The molecule has 0 aliphatic heterocycles. The molecular weight excluding hydrogens is 715 g/mol. The molecule has 13 rings (SSSR count). The first-order chi connectivity index (χ1) is 29.3. The normalized spacial score (nSPS) is 14.8. The van der Waals surface area contributed by atoms with Crippen LogP contribution >= 0.6 is 0 Å². The number of hydrogen-bond acceptors (Lipinski definition) is 2. The zero-order chi connectivity index (χ0) is 38.7. The third-order valence-corrected chi connectivity index (χ3v) is 13.0. The quantitative estimate of drug-likeness (QED) is 0.178. The predicted molar refractivity (Wildman–Crippen MR) is 245 cm³/mol. The molecule has 10 aromatic carbocycles. The number of furan rings is 1. The largest absolute Gasteiger partial charge is 0.456 e. The van der Waals surface area contributed by atoms with Crippen molar-refractivity contribution in [3.63, 3.8) is 0 Å². The van der Waals surface area contributed by atoms with Gasteiger partial charge in [-0.15, -0.1) is 0 Å². The number of anilines is 3. The Morgan fingerprint density at radius 2 is 0.966 bits per heavy atom. The fraction of sp³-hybridized carbons (Fsp3) is 0.0175. The van der Waals surface area contributed by atoms with E-state index in [-0.39, 0.29) is 0 Å². The lowest BCUT2D eigenvalue weighted by Gasteiger charge is -2.46. The van der Waals surface area contributed by atoms with Crippen LogP contribution in [0.15, 0.2) is 217 Å². The van der Waals surface area contributed by atoms with Crippen molar-refractivity contribution in [3.8, 4) is 33.4 Å². The Morgan fingerprint density at radius 3 is 1.85 bits per heavy atom. The van der Waals surface area contributed by atoms with E-state index < -0.39 is 5.41 Å². The van der Waals surface area contributed by atoms with Gasteiger partial charge in [0.2, 0.25) is 0 Å². The first-order valence-corrected chi connectivity index (χ1v) is 20.4. The number of nitrogens with zero attached hydrogens (tertiary/aromatic N) is 1. The first kappa shape index (κ1) is 32.4. The van der Waals surface area contributed by atoms with Gasteiger partial charge in [0.15, 0.2) is 0 Å². The zero-order valence-electron chi connectivity index (χ0n) is 32.1. The van der Waals surface area contributed by atoms with Gasteiger partial charge in [-0.3, -0.25) is 0 Å². The maximum absolute atomic E-state index is 6.49. The fourth-order valence-corrected chi connectivity index (χ4v) is 10.7. The Bertz CT molecular complexity index is 3500. The number of para-hydroxylation sites is 2. The van der Waals surface area contributed by atoms with E-state index >= 15 is 0 Å². The maximum Gasteiger partial charge on any atom is 0.137 e. The Hall–Kier alpha value is -7.68. The standard InChI is InChI=1S/C57H35NO/c1-3-14-36(15-4-1)38-28-30-42-45-22-11-16-37-17-12-25-49(55(37)45)57(51(42)34-38)48-24-9-7-20-41(48)46-32-33-52(47-23-13-26-50(57)56(46)47)58(39-18-5-2-6-19-39)40-29-31-44-43-21-8-10-27-53(43)59-54(44)35-40/h1-35H. The molecule has 11 aromatic rings. The Balaban J connectivity index is 1.15. The van der Waals surface area contributed by atoms with E-state index in [0.29, 0.717) is 0 Å². The third kappa shape index (κ3) is 4.40. The molecule has 0 amide bonds. The smallest absolute Gasteiger partial charge is 0.137 e. The SMILES string of the molecule is c1ccc(-c2ccc3c(c2)C2(c4ccccc4-c4ccc(N(c5ccccc5)c5ccc6c(c5)oc5ccccc56)c5cccc2c45)c2cccc4cccc-3c24)cc1. The van der Waals surface area contributed by atoms with Gasteiger partial charge in [0.1, 0.15) is 11.2 Å². The van der Waals surface area contributed by atoms with Gasteiger partial charge in [0.05, 0.1) is 11.1 Å². The van der Waals surface area contributed by atoms with Crippen molar-refractivity contribution in [3.05, 3.63) is 235 Å². The second-order valence-corrected chi connectivity index (χ2v) is 15.9. The molecule has 0 bridgehead atoms. The minimum atomic E-state index is -0.597. The number of fused-ring (bicyclic) bond motifs is 11. The molecule has 1 spiro atoms. The fourth-order valence-electron chi connectivity index (χ4n) is 10.7. The number of rotatable bonds is 4. The highest BCUT2D eigenvalue weighted by atomic mass is 16.3. The van der Waals surface area contributed by atoms with Crippen LogP contribution in [0.5, 0.6) is 0 Å². The van der Waals surface area contributed by atoms with Crippen LogP contribution in [-0.2, 0) is 5.41 Å². The molecule has 2 heteroatoms. The van der Waals surface area contributed by atoms with Crippen molar-refractivity contribution in [2.75, 3.05) is 4.90 Å². The highest BCUT2D eigenvalue weighted by molar-refractivity contribution is 6.15. The summed E-state index contributed by atoms with van der Waals surface area (Å²) in [5, 5.41) is 7.32. The van der Waals surface area contributed by atoms with Gasteiger partial charge in [-0.05, 0) is 114 Å². The zero-order valence-corrected chi connectivity index (χ0v) is 32.1. The van der Waals surface area contributed by atoms with Gasteiger partial charge < -0.3 is 9.32 Å². The summed E-state index contributed by atoms with van der Waals surface area (Å²) < 4.78 is 6.49. The van der Waals surface area contributed by atoms with E-state index in [2.05, 4.69) is 211 Å². The lowest BCUT2D eigenvalue weighted by atomic mass is 9.55. The van der Waals surface area contributed by atoms with Crippen LogP contribution in [-0.4, -0.2) is 0 Å². The average molecular weight is 750 g/mol. The second-order valence-electron chi connectivity index (χ2n) is 15.9. The van der Waals surface area contributed by atoms with E-state index in [0.717, 1.165) is 39.0 Å². The molecule has 2 aliphatic rings. The molecule has 1 atom stereocenters. The number of benzene rings is 10. The van der Waals surface area contributed by atoms with Gasteiger partial charge >= 0.3 is 0 Å². The predicted octanol–water partition coefficient (Wildman–Crippen LogP) is 15.4. The molecule has 59 heavy (non-hydrogen) atoms. The van der Waals surface area contributed by atoms with E-state index in [1.165, 1.54) is 77.2 Å². The van der Waals surface area contributed by atoms with Crippen molar-refractivity contribution < 1.29 is 4.42 Å². The molecule has 0 saturated heterocycles. The monoisotopic (exact) mass is 749 g/mol. The minimum absolute atomic E-state index is 0.597. The lowest BCUT2D eigenvalue weighted by Crippen LogP contribution is -2.36. The Morgan fingerprint density at radius 1 is 0.339 bits per heavy atom. The highest BCUT2D eigenvalue weighted by Crippen LogP contribution is 2.62. The van der Waals surface area contributed by atoms with Gasteiger partial charge in [0.25, 0.3) is 0 Å². The molecule has 0 fully saturated rings. The van der Waals surface area contributed by atoms with Crippen molar-refractivity contribution >= 4 is 60.5 Å². The first-order valence-electron chi connectivity index (χ1n) is 20.4. The van der Waals surface area contributed by atoms with Gasteiger partial charge in [-0.2, -0.15) is 0 Å². The summed E-state index contributed by atoms with van der Waals surface area (Å²) in [7, 11) is 0. The van der Waals surface area contributed by atoms with Gasteiger partial charge in [-0.25, -0.2) is 0 Å². The molecular formula is C57H35NO. The highest BCUT2D eigenvalue weighted by Gasteiger charge is 2.48. The molecule has 1 aromatic heterocycles. The minimum Gasteiger partial charge on any atom is -0.456 e. The van der Waals surface area contributed by atoms with Crippen molar-refractivity contribution in [2.24, 2.45) is 0 Å². The summed E-state index contributed by atoms with van der Waals surface area (Å²) >= 11 is 0. The molecule has 0 N–H and O–H groups in total. The van der Waals surface area contributed by atoms with Crippen LogP contribution in [0.25, 0.3) is 76.9 Å². The maximum atomic E-state index is 6.49. The molecule has 274 valence electrons. The Labute approximate surface area is 341 Å². The molecule has 1 unspecified atom stereocenters. The van der Waals surface area contributed by atoms with E-state index in [4.69, 9.17) is 4.42 Å². The van der Waals surface area contributed by atoms with Crippen LogP contribution in [0.2, 0.25) is 0 Å². The lowest BCUT2D eigenvalue weighted by molar-refractivity contribution is 0.669. The van der Waals surface area contributed by atoms with Crippen LogP contribution in [0, 0.1) is 0 Å². The van der Waals surface area contributed by atoms with Crippen molar-refractivity contribution in [2.45, 2.75) is 5.41 Å². The summed E-state index contributed by atoms with van der Waals surface area (Å²) in [5.74, 6) is 0. The third-order valence-electron chi connectivity index (χ3n) is 13.0. The van der Waals surface area contributed by atoms with Crippen LogP contribution in [0.4, 0.5) is 17.1 Å². The van der Waals surface area contributed by atoms with E-state index in [1.54, 1.807) is 0 Å². The summed E-state index contributed by atoms with van der Waals surface area (Å²) in [6.45, 7) is 0. The van der Waals surface area contributed by atoms with Crippen LogP contribution in [0.3, 0.4) is 0 Å². The summed E-state index contributed by atoms with van der Waals surface area (Å²) in [6.07, 6.45) is 0. The second kappa shape index (κ2) is 12.2. The number of hydrogen-bond donors (Lipinski definition) is 0. The molecule has 0 radical (unpaired) electrons. The topological polar surface area (TPSA) is 16.4 Å². The van der Waals surface area contributed by atoms with Gasteiger partial charge in [0, 0.05) is 33.6 Å². The van der Waals surface area contributed by atoms with Gasteiger partial charge in [-0.1, -0.05) is 164 Å². The molecule has 0 saturated carbocycles. The summed E-state index contributed by atoms with van der Waals surface area (Å²) in [5.41, 5.74) is 17.2. The van der Waals surface area contributed by atoms with Crippen LogP contribution < -0.4 is 4.90 Å². The van der Waals surface area contributed by atoms with Crippen molar-refractivity contribution in [1.29, 1.82) is 0 Å². The summed E-state index contributed by atoms with van der Waals surface area (Å²) in [6, 6.07) is 78.3. The molecule has 2 nitrogen and oxygen atoms in total. The van der Waals surface area contributed by atoms with E-state index in [9.17, 15) is 0 Å². The van der Waals surface area contributed by atoms with Crippen LogP contribution in [0.1, 0.15) is 22.3 Å². The average Bonchev–Trinajstić information content (AvgIpc) is 3.68. The Kier molecular flexibility index (Phi) is 6.68. The summed E-state index contributed by atoms with van der Waals surface area (Å²) in [4.78, 5) is 2.40. The van der Waals surface area contributed by atoms with Crippen molar-refractivity contribution in [1.82, 2.24) is 0 Å².